The van der Waals surface area contributed by atoms with Crippen molar-refractivity contribution in [1.29, 1.82) is 0 Å². The smallest absolute Gasteiger partial charge is 0.308 e. The first kappa shape index (κ1) is 16.2. The van der Waals surface area contributed by atoms with Gasteiger partial charge in [-0.25, -0.2) is 4.39 Å². The number of thiophene rings is 1. The molecule has 0 amide bonds. The number of ketones is 1. The van der Waals surface area contributed by atoms with Gasteiger partial charge in [0.15, 0.2) is 23.1 Å². The molecule has 2 rings (SSSR count). The number of ether oxygens (including phenoxy) is 2. The predicted octanol–water partition coefficient (Wildman–Crippen LogP) is 3.14. The highest BCUT2D eigenvalue weighted by Crippen LogP contribution is 2.39. The lowest BCUT2D eigenvalue weighted by Gasteiger charge is -2.06. The predicted molar refractivity (Wildman–Crippen MR) is 80.1 cm³/mol. The van der Waals surface area contributed by atoms with Gasteiger partial charge in [0.2, 0.25) is 0 Å². The third-order valence-corrected chi connectivity index (χ3v) is 4.41. The molecule has 0 unspecified atom stereocenters. The summed E-state index contributed by atoms with van der Waals surface area (Å²) in [6, 6.07) is 2.85. The first-order valence-electron chi connectivity index (χ1n) is 6.49. The number of fused-ring (bicyclic) bond motifs is 1. The van der Waals surface area contributed by atoms with Gasteiger partial charge in [0.25, 0.3) is 0 Å². The van der Waals surface area contributed by atoms with Gasteiger partial charge in [-0.1, -0.05) is 6.92 Å². The van der Waals surface area contributed by atoms with Gasteiger partial charge in [-0.05, 0) is 6.07 Å². The Morgan fingerprint density at radius 3 is 2.64 bits per heavy atom. The molecule has 0 saturated heterocycles. The normalized spacial score (nSPS) is 12.2. The molecule has 1 atom stereocenters. The molecule has 22 heavy (non-hydrogen) atoms. The second-order valence-corrected chi connectivity index (χ2v) is 5.90. The van der Waals surface area contributed by atoms with E-state index in [2.05, 4.69) is 4.74 Å². The molecular formula is C15H15FO5S. The molecule has 2 aromatic rings. The fraction of sp³-hybridized carbons (Fsp3) is 0.333. The molecule has 5 nitrogen and oxygen atoms in total. The van der Waals surface area contributed by atoms with E-state index >= 15 is 0 Å². The summed E-state index contributed by atoms with van der Waals surface area (Å²) in [4.78, 5) is 23.9. The van der Waals surface area contributed by atoms with Crippen LogP contribution in [0.25, 0.3) is 10.1 Å². The number of phenolic OH excluding ortho intramolecular Hbond substituents is 1. The van der Waals surface area contributed by atoms with E-state index in [1.165, 1.54) is 26.4 Å². The first-order chi connectivity index (χ1) is 10.4. The van der Waals surface area contributed by atoms with Gasteiger partial charge in [0.05, 0.1) is 25.0 Å². The second-order valence-electron chi connectivity index (χ2n) is 4.82. The molecule has 1 aromatic carbocycles. The van der Waals surface area contributed by atoms with Crippen molar-refractivity contribution in [3.63, 3.8) is 0 Å². The number of hydrogen-bond donors (Lipinski definition) is 1. The van der Waals surface area contributed by atoms with E-state index in [0.717, 1.165) is 11.3 Å². The molecule has 1 N–H and O–H groups in total. The number of aromatic hydroxyl groups is 1. The number of methoxy groups -OCH3 is 2. The molecule has 0 radical (unpaired) electrons. The molecule has 0 aliphatic carbocycles. The maximum atomic E-state index is 14.1. The molecule has 0 bridgehead atoms. The van der Waals surface area contributed by atoms with E-state index in [0.29, 0.717) is 9.58 Å². The fourth-order valence-corrected chi connectivity index (χ4v) is 3.10. The Morgan fingerprint density at radius 1 is 1.36 bits per heavy atom. The Kier molecular flexibility index (Phi) is 4.65. The summed E-state index contributed by atoms with van der Waals surface area (Å²) in [5, 5.41) is 9.80. The molecule has 1 heterocycles. The Labute approximate surface area is 130 Å². The minimum Gasteiger partial charge on any atom is -0.502 e. The lowest BCUT2D eigenvalue weighted by atomic mass is 10.0. The first-order valence-corrected chi connectivity index (χ1v) is 7.30. The lowest BCUT2D eigenvalue weighted by molar-refractivity contribution is -0.144. The Balaban J connectivity index is 2.35. The highest BCUT2D eigenvalue weighted by atomic mass is 32.1. The monoisotopic (exact) mass is 326 g/mol. The zero-order chi connectivity index (χ0) is 16.4. The van der Waals surface area contributed by atoms with E-state index in [1.54, 1.807) is 6.92 Å². The van der Waals surface area contributed by atoms with Crippen molar-refractivity contribution in [1.82, 2.24) is 0 Å². The van der Waals surface area contributed by atoms with Crippen LogP contribution in [0, 0.1) is 11.7 Å². The van der Waals surface area contributed by atoms with Crippen molar-refractivity contribution < 1.29 is 28.6 Å². The number of benzene rings is 1. The number of phenols is 1. The minimum absolute atomic E-state index is 0.00813. The number of carbonyl (C=O) groups excluding carboxylic acids is 2. The van der Waals surface area contributed by atoms with Gasteiger partial charge < -0.3 is 14.6 Å². The fourth-order valence-electron chi connectivity index (χ4n) is 2.06. The van der Waals surface area contributed by atoms with Crippen LogP contribution in [0.5, 0.6) is 11.5 Å². The topological polar surface area (TPSA) is 72.8 Å². The molecule has 0 saturated carbocycles. The summed E-state index contributed by atoms with van der Waals surface area (Å²) in [5.41, 5.74) is 0. The quantitative estimate of drug-likeness (QED) is 0.675. The van der Waals surface area contributed by atoms with Crippen LogP contribution in [0.4, 0.5) is 4.39 Å². The Hall–Kier alpha value is -2.15. The van der Waals surface area contributed by atoms with E-state index in [-0.39, 0.29) is 23.3 Å². The van der Waals surface area contributed by atoms with E-state index < -0.39 is 23.5 Å². The van der Waals surface area contributed by atoms with Crippen LogP contribution in [0.1, 0.15) is 23.0 Å². The van der Waals surface area contributed by atoms with Gasteiger partial charge in [-0.3, -0.25) is 9.59 Å². The highest BCUT2D eigenvalue weighted by Gasteiger charge is 2.22. The summed E-state index contributed by atoms with van der Waals surface area (Å²) in [5.74, 6) is -2.73. The van der Waals surface area contributed by atoms with Crippen LogP contribution in [-0.4, -0.2) is 31.1 Å². The van der Waals surface area contributed by atoms with E-state index in [1.807, 2.05) is 0 Å². The number of carbonyl (C=O) groups is 2. The van der Waals surface area contributed by atoms with E-state index in [9.17, 15) is 19.1 Å². The lowest BCUT2D eigenvalue weighted by Crippen LogP contribution is -2.16. The molecule has 0 spiro atoms. The van der Waals surface area contributed by atoms with Crippen molar-refractivity contribution in [3.05, 3.63) is 22.8 Å². The summed E-state index contributed by atoms with van der Waals surface area (Å²) >= 11 is 1.09. The second kappa shape index (κ2) is 6.31. The highest BCUT2D eigenvalue weighted by molar-refractivity contribution is 7.20. The summed E-state index contributed by atoms with van der Waals surface area (Å²) in [6.07, 6.45) is -0.0236. The third-order valence-electron chi connectivity index (χ3n) is 3.29. The number of hydrogen-bond acceptors (Lipinski definition) is 6. The van der Waals surface area contributed by atoms with Crippen LogP contribution in [0.15, 0.2) is 12.1 Å². The molecule has 7 heteroatoms. The summed E-state index contributed by atoms with van der Waals surface area (Å²) < 4.78 is 24.0. The van der Waals surface area contributed by atoms with Crippen LogP contribution < -0.4 is 4.74 Å². The van der Waals surface area contributed by atoms with Gasteiger partial charge >= 0.3 is 5.97 Å². The van der Waals surface area contributed by atoms with Crippen molar-refractivity contribution in [2.24, 2.45) is 5.92 Å². The molecule has 0 fully saturated rings. The van der Waals surface area contributed by atoms with Gasteiger partial charge in [-0.2, -0.15) is 0 Å². The zero-order valence-electron chi connectivity index (χ0n) is 12.3. The number of Topliss-reactive ketones (excluding diaryl/α,β-unsaturated/α-hetero) is 1. The van der Waals surface area contributed by atoms with Crippen molar-refractivity contribution in [2.75, 3.05) is 14.2 Å². The van der Waals surface area contributed by atoms with Crippen LogP contribution >= 0.6 is 11.3 Å². The van der Waals surface area contributed by atoms with Crippen LogP contribution in [0.3, 0.4) is 0 Å². The van der Waals surface area contributed by atoms with Crippen LogP contribution in [0.2, 0.25) is 0 Å². The van der Waals surface area contributed by atoms with Crippen molar-refractivity contribution >= 4 is 33.2 Å². The number of halogens is 1. The number of rotatable bonds is 5. The van der Waals surface area contributed by atoms with Crippen molar-refractivity contribution in [3.8, 4) is 11.5 Å². The molecular weight excluding hydrogens is 311 g/mol. The third kappa shape index (κ3) is 2.89. The molecule has 1 aromatic heterocycles. The molecule has 0 aliphatic heterocycles. The molecule has 118 valence electrons. The zero-order valence-corrected chi connectivity index (χ0v) is 13.1. The minimum atomic E-state index is -0.828. The average Bonchev–Trinajstić information content (AvgIpc) is 2.94. The van der Waals surface area contributed by atoms with E-state index in [4.69, 9.17) is 4.74 Å². The molecule has 0 aliphatic rings. The van der Waals surface area contributed by atoms with Gasteiger partial charge in [0, 0.05) is 22.6 Å². The van der Waals surface area contributed by atoms with Crippen molar-refractivity contribution in [2.45, 2.75) is 13.3 Å². The van der Waals surface area contributed by atoms with Gasteiger partial charge in [0.1, 0.15) is 0 Å². The SMILES string of the molecule is COC(=O)[C@H](C)CC(=O)c1cc2c(F)c(O)c(OC)cc2s1. The van der Waals surface area contributed by atoms with Gasteiger partial charge in [-0.15, -0.1) is 11.3 Å². The largest absolute Gasteiger partial charge is 0.502 e. The maximum Gasteiger partial charge on any atom is 0.308 e. The standard InChI is InChI=1S/C15H15FO5S/c1-7(15(19)21-3)4-9(17)12-5-8-11(22-12)6-10(20-2)14(18)13(8)16/h5-7,18H,4H2,1-3H3/t7-/m1/s1. The number of esters is 1. The van der Waals surface area contributed by atoms with Crippen LogP contribution in [-0.2, 0) is 9.53 Å². The summed E-state index contributed by atoms with van der Waals surface area (Å²) in [6.45, 7) is 1.59. The Morgan fingerprint density at radius 2 is 2.05 bits per heavy atom. The Bertz CT molecular complexity index is 737. The maximum absolute atomic E-state index is 14.1. The summed E-state index contributed by atoms with van der Waals surface area (Å²) in [7, 11) is 2.57. The average molecular weight is 326 g/mol.